The highest BCUT2D eigenvalue weighted by Gasteiger charge is 2.18. The predicted molar refractivity (Wildman–Crippen MR) is 83.4 cm³/mol. The number of nitrogens with zero attached hydrogens (tertiary/aromatic N) is 5. The summed E-state index contributed by atoms with van der Waals surface area (Å²) < 4.78 is 0. The monoisotopic (exact) mass is 283 g/mol. The van der Waals surface area contributed by atoms with E-state index in [0.29, 0.717) is 0 Å². The van der Waals surface area contributed by atoms with E-state index in [1.165, 1.54) is 5.69 Å². The molecule has 0 aliphatic carbocycles. The fraction of sp³-hybridized carbons (Fsp3) is 0.438. The summed E-state index contributed by atoms with van der Waals surface area (Å²) in [5.41, 5.74) is 2.19. The van der Waals surface area contributed by atoms with Gasteiger partial charge in [-0.1, -0.05) is 6.07 Å². The molecular weight excluding hydrogens is 262 g/mol. The van der Waals surface area contributed by atoms with Crippen molar-refractivity contribution < 1.29 is 0 Å². The molecule has 5 nitrogen and oxygen atoms in total. The normalized spacial score (nSPS) is 16.1. The molecule has 1 fully saturated rings. The molecule has 5 heteroatoms. The maximum Gasteiger partial charge on any atom is 0.225 e. The van der Waals surface area contributed by atoms with Crippen LogP contribution >= 0.6 is 0 Å². The van der Waals surface area contributed by atoms with Crippen LogP contribution in [0.5, 0.6) is 0 Å². The molecule has 21 heavy (non-hydrogen) atoms. The van der Waals surface area contributed by atoms with Gasteiger partial charge in [-0.15, -0.1) is 0 Å². The molecule has 0 radical (unpaired) electrons. The summed E-state index contributed by atoms with van der Waals surface area (Å²) in [6.07, 6.45) is 4.72. The highest BCUT2D eigenvalue weighted by Crippen LogP contribution is 2.11. The summed E-state index contributed by atoms with van der Waals surface area (Å²) in [7, 11) is 0. The molecule has 0 N–H and O–H groups in total. The van der Waals surface area contributed by atoms with Crippen molar-refractivity contribution in [3.63, 3.8) is 0 Å². The minimum absolute atomic E-state index is 0.861. The first kappa shape index (κ1) is 13.9. The molecule has 0 saturated carbocycles. The van der Waals surface area contributed by atoms with Crippen molar-refractivity contribution in [2.24, 2.45) is 0 Å². The Hall–Kier alpha value is -2.01. The number of hydrogen-bond donors (Lipinski definition) is 0. The number of hydrogen-bond acceptors (Lipinski definition) is 5. The number of anilines is 1. The van der Waals surface area contributed by atoms with Gasteiger partial charge in [0.25, 0.3) is 0 Å². The third kappa shape index (κ3) is 3.76. The zero-order valence-corrected chi connectivity index (χ0v) is 12.4. The lowest BCUT2D eigenvalue weighted by Crippen LogP contribution is -2.47. The van der Waals surface area contributed by atoms with Crippen LogP contribution in [0.4, 0.5) is 5.95 Å². The largest absolute Gasteiger partial charge is 0.338 e. The minimum Gasteiger partial charge on any atom is -0.338 e. The van der Waals surface area contributed by atoms with E-state index in [2.05, 4.69) is 36.9 Å². The zero-order chi connectivity index (χ0) is 14.5. The first-order valence-corrected chi connectivity index (χ1v) is 7.48. The lowest BCUT2D eigenvalue weighted by atomic mass is 10.2. The quantitative estimate of drug-likeness (QED) is 0.852. The molecule has 2 aromatic rings. The molecule has 0 spiro atoms. The number of rotatable bonds is 4. The van der Waals surface area contributed by atoms with Crippen molar-refractivity contribution in [2.45, 2.75) is 13.3 Å². The summed E-state index contributed by atoms with van der Waals surface area (Å²) in [4.78, 5) is 18.0. The number of piperazine rings is 1. The fourth-order valence-corrected chi connectivity index (χ4v) is 2.58. The first-order chi connectivity index (χ1) is 10.3. The number of aromatic nitrogens is 3. The molecule has 3 rings (SSSR count). The van der Waals surface area contributed by atoms with Gasteiger partial charge in [0.05, 0.1) is 0 Å². The molecule has 0 amide bonds. The number of aryl methyl sites for hydroxylation is 1. The van der Waals surface area contributed by atoms with Gasteiger partial charge in [0.2, 0.25) is 5.95 Å². The Balaban J connectivity index is 1.49. The van der Waals surface area contributed by atoms with Crippen LogP contribution in [0, 0.1) is 6.92 Å². The van der Waals surface area contributed by atoms with E-state index in [4.69, 9.17) is 0 Å². The van der Waals surface area contributed by atoms with Gasteiger partial charge >= 0.3 is 0 Å². The Morgan fingerprint density at radius 3 is 2.57 bits per heavy atom. The molecule has 0 atom stereocenters. The third-order valence-electron chi connectivity index (χ3n) is 3.85. The van der Waals surface area contributed by atoms with E-state index in [-0.39, 0.29) is 0 Å². The molecule has 3 heterocycles. The van der Waals surface area contributed by atoms with Crippen molar-refractivity contribution in [3.05, 3.63) is 48.0 Å². The Morgan fingerprint density at radius 1 is 1.00 bits per heavy atom. The summed E-state index contributed by atoms with van der Waals surface area (Å²) in [5, 5.41) is 0. The molecule has 1 aliphatic heterocycles. The summed E-state index contributed by atoms with van der Waals surface area (Å²) in [6, 6.07) is 8.04. The van der Waals surface area contributed by atoms with Gasteiger partial charge in [-0.3, -0.25) is 9.88 Å². The molecule has 0 unspecified atom stereocenters. The van der Waals surface area contributed by atoms with E-state index in [0.717, 1.165) is 50.8 Å². The van der Waals surface area contributed by atoms with Gasteiger partial charge in [0, 0.05) is 62.9 Å². The smallest absolute Gasteiger partial charge is 0.225 e. The average Bonchev–Trinajstić information content (AvgIpc) is 2.54. The summed E-state index contributed by atoms with van der Waals surface area (Å²) in [6.45, 7) is 7.18. The van der Waals surface area contributed by atoms with Crippen LogP contribution < -0.4 is 4.90 Å². The third-order valence-corrected chi connectivity index (χ3v) is 3.85. The van der Waals surface area contributed by atoms with Crippen molar-refractivity contribution in [2.75, 3.05) is 37.6 Å². The lowest BCUT2D eigenvalue weighted by Gasteiger charge is -2.34. The van der Waals surface area contributed by atoms with Crippen LogP contribution in [0.3, 0.4) is 0 Å². The maximum atomic E-state index is 4.50. The van der Waals surface area contributed by atoms with Crippen molar-refractivity contribution in [1.29, 1.82) is 0 Å². The average molecular weight is 283 g/mol. The summed E-state index contributed by atoms with van der Waals surface area (Å²) in [5.74, 6) is 0.861. The van der Waals surface area contributed by atoms with E-state index >= 15 is 0 Å². The topological polar surface area (TPSA) is 45.2 Å². The van der Waals surface area contributed by atoms with Crippen LogP contribution in [0.25, 0.3) is 0 Å². The van der Waals surface area contributed by atoms with Gasteiger partial charge in [-0.25, -0.2) is 9.97 Å². The van der Waals surface area contributed by atoms with Crippen molar-refractivity contribution >= 4 is 5.95 Å². The van der Waals surface area contributed by atoms with Gasteiger partial charge < -0.3 is 4.90 Å². The van der Waals surface area contributed by atoms with Crippen LogP contribution in [0.15, 0.2) is 36.7 Å². The van der Waals surface area contributed by atoms with Crippen LogP contribution in [0.1, 0.15) is 11.4 Å². The number of pyridine rings is 1. The molecule has 110 valence electrons. The van der Waals surface area contributed by atoms with Crippen molar-refractivity contribution in [3.8, 4) is 0 Å². The molecular formula is C16H21N5. The molecule has 1 aliphatic rings. The SMILES string of the molecule is Cc1ccnc(N2CCN(CCc3ccccn3)CC2)n1. The second kappa shape index (κ2) is 6.63. The van der Waals surface area contributed by atoms with Crippen LogP contribution in [0.2, 0.25) is 0 Å². The standard InChI is InChI=1S/C16H21N5/c1-14-5-8-18-16(19-14)21-12-10-20(11-13-21)9-6-15-4-2-3-7-17-15/h2-5,7-8H,6,9-13H2,1H3. The van der Waals surface area contributed by atoms with E-state index in [9.17, 15) is 0 Å². The van der Waals surface area contributed by atoms with Gasteiger partial charge in [-0.2, -0.15) is 0 Å². The van der Waals surface area contributed by atoms with Crippen LogP contribution in [-0.4, -0.2) is 52.6 Å². The van der Waals surface area contributed by atoms with Crippen LogP contribution in [-0.2, 0) is 6.42 Å². The Bertz CT molecular complexity index is 564. The fourth-order valence-electron chi connectivity index (χ4n) is 2.58. The highest BCUT2D eigenvalue weighted by atomic mass is 15.3. The minimum atomic E-state index is 0.861. The lowest BCUT2D eigenvalue weighted by molar-refractivity contribution is 0.259. The maximum absolute atomic E-state index is 4.50. The second-order valence-corrected chi connectivity index (χ2v) is 5.40. The van der Waals surface area contributed by atoms with Gasteiger partial charge in [0.1, 0.15) is 0 Å². The molecule has 2 aromatic heterocycles. The zero-order valence-electron chi connectivity index (χ0n) is 12.4. The summed E-state index contributed by atoms with van der Waals surface area (Å²) >= 11 is 0. The van der Waals surface area contributed by atoms with E-state index in [1.807, 2.05) is 31.5 Å². The molecule has 0 aromatic carbocycles. The second-order valence-electron chi connectivity index (χ2n) is 5.40. The van der Waals surface area contributed by atoms with E-state index < -0.39 is 0 Å². The van der Waals surface area contributed by atoms with Gasteiger partial charge in [0.15, 0.2) is 0 Å². The first-order valence-electron chi connectivity index (χ1n) is 7.48. The van der Waals surface area contributed by atoms with Gasteiger partial charge in [-0.05, 0) is 25.1 Å². The molecule has 0 bridgehead atoms. The van der Waals surface area contributed by atoms with Crippen molar-refractivity contribution in [1.82, 2.24) is 19.9 Å². The molecule has 1 saturated heterocycles. The van der Waals surface area contributed by atoms with E-state index in [1.54, 1.807) is 0 Å². The Labute approximate surface area is 125 Å². The highest BCUT2D eigenvalue weighted by molar-refractivity contribution is 5.30. The Kier molecular flexibility index (Phi) is 4.40. The Morgan fingerprint density at radius 2 is 1.86 bits per heavy atom. The predicted octanol–water partition coefficient (Wildman–Crippen LogP) is 1.54.